The molecule has 0 saturated heterocycles. The van der Waals surface area contributed by atoms with Crippen LogP contribution >= 0.6 is 0 Å². The molecule has 0 amide bonds. The van der Waals surface area contributed by atoms with Crippen LogP contribution in [0, 0.1) is 5.92 Å². The Balaban J connectivity index is 3.46. The van der Waals surface area contributed by atoms with Gasteiger partial charge in [0.2, 0.25) is 10.3 Å². The molecule has 0 spiro atoms. The molecular weight excluding hydrogens is 208 g/mol. The van der Waals surface area contributed by atoms with E-state index in [1.165, 1.54) is 6.08 Å². The largest absolute Gasteiger partial charge is 0.218 e. The number of hydrogen-bond acceptors (Lipinski definition) is 2. The lowest BCUT2D eigenvalue weighted by Crippen LogP contribution is -2.16. The van der Waals surface area contributed by atoms with Gasteiger partial charge in [-0.25, -0.2) is 0 Å². The highest BCUT2D eigenvalue weighted by molar-refractivity contribution is 7.73. The van der Waals surface area contributed by atoms with Crippen LogP contribution in [-0.4, -0.2) is 13.3 Å². The highest BCUT2D eigenvalue weighted by Gasteiger charge is 2.19. The van der Waals surface area contributed by atoms with E-state index >= 15 is 0 Å². The zero-order chi connectivity index (χ0) is 11.4. The number of allylic oxidation sites excluding steroid dienone is 7. The Morgan fingerprint density at radius 1 is 1.20 bits per heavy atom. The maximum atomic E-state index is 11.1. The first kappa shape index (κ1) is 11.5. The van der Waals surface area contributed by atoms with Crippen molar-refractivity contribution in [2.24, 2.45) is 5.92 Å². The van der Waals surface area contributed by atoms with E-state index in [2.05, 4.69) is 19.7 Å². The van der Waals surface area contributed by atoms with Crippen LogP contribution in [0.2, 0.25) is 0 Å². The summed E-state index contributed by atoms with van der Waals surface area (Å²) in [6, 6.07) is 0. The first-order valence-electron chi connectivity index (χ1n) is 4.41. The molecular formula is C12H12O2S. The van der Waals surface area contributed by atoms with Gasteiger partial charge in [-0.2, -0.15) is 8.42 Å². The molecule has 0 aromatic heterocycles. The van der Waals surface area contributed by atoms with E-state index < -0.39 is 10.3 Å². The quantitative estimate of drug-likeness (QED) is 0.539. The Bertz CT molecular complexity index is 494. The van der Waals surface area contributed by atoms with Gasteiger partial charge in [0.25, 0.3) is 0 Å². The van der Waals surface area contributed by atoms with Crippen LogP contribution in [0.4, 0.5) is 0 Å². The van der Waals surface area contributed by atoms with Gasteiger partial charge in [-0.15, -0.1) is 6.58 Å². The Morgan fingerprint density at radius 2 is 1.87 bits per heavy atom. The summed E-state index contributed by atoms with van der Waals surface area (Å²) in [5, 5.41) is 0. The molecule has 1 unspecified atom stereocenters. The third-order valence-electron chi connectivity index (χ3n) is 2.17. The second kappa shape index (κ2) is 4.75. The Kier molecular flexibility index (Phi) is 3.63. The predicted octanol–water partition coefficient (Wildman–Crippen LogP) is 2.08. The van der Waals surface area contributed by atoms with Crippen LogP contribution in [0.25, 0.3) is 0 Å². The van der Waals surface area contributed by atoms with E-state index in [-0.39, 0.29) is 5.92 Å². The van der Waals surface area contributed by atoms with E-state index in [1.807, 2.05) is 0 Å². The zero-order valence-corrected chi connectivity index (χ0v) is 9.13. The van der Waals surface area contributed by atoms with Crippen molar-refractivity contribution < 1.29 is 8.42 Å². The van der Waals surface area contributed by atoms with E-state index in [9.17, 15) is 8.42 Å². The van der Waals surface area contributed by atoms with Crippen molar-refractivity contribution in [1.29, 1.82) is 0 Å². The van der Waals surface area contributed by atoms with Gasteiger partial charge >= 0.3 is 0 Å². The SMILES string of the molecule is C=CC1=CC(C=C)C(=S(=O)=O)C(C=C)=C1. The normalized spacial score (nSPS) is 20.0. The minimum Gasteiger partial charge on any atom is -0.184 e. The summed E-state index contributed by atoms with van der Waals surface area (Å²) in [6.45, 7) is 10.9. The van der Waals surface area contributed by atoms with Crippen LogP contribution in [0.1, 0.15) is 0 Å². The molecule has 0 fully saturated rings. The molecule has 0 aromatic rings. The zero-order valence-electron chi connectivity index (χ0n) is 8.31. The Labute approximate surface area is 91.2 Å². The summed E-state index contributed by atoms with van der Waals surface area (Å²) in [7, 11) is -2.25. The maximum Gasteiger partial charge on any atom is 0.218 e. The first-order valence-corrected chi connectivity index (χ1v) is 5.49. The van der Waals surface area contributed by atoms with Crippen molar-refractivity contribution in [2.75, 3.05) is 0 Å². The lowest BCUT2D eigenvalue weighted by Gasteiger charge is -2.16. The molecule has 0 aromatic carbocycles. The molecule has 3 heteroatoms. The Morgan fingerprint density at radius 3 is 2.27 bits per heavy atom. The summed E-state index contributed by atoms with van der Waals surface area (Å²) in [6.07, 6.45) is 8.33. The lowest BCUT2D eigenvalue weighted by molar-refractivity contribution is 0.626. The molecule has 1 rings (SSSR count). The molecule has 0 heterocycles. The van der Waals surface area contributed by atoms with E-state index in [4.69, 9.17) is 0 Å². The van der Waals surface area contributed by atoms with Crippen molar-refractivity contribution in [2.45, 2.75) is 0 Å². The number of rotatable bonds is 3. The monoisotopic (exact) mass is 220 g/mol. The molecule has 1 aliphatic rings. The third kappa shape index (κ3) is 2.25. The van der Waals surface area contributed by atoms with Crippen molar-refractivity contribution in [3.63, 3.8) is 0 Å². The van der Waals surface area contributed by atoms with Crippen LogP contribution < -0.4 is 0 Å². The smallest absolute Gasteiger partial charge is 0.184 e. The summed E-state index contributed by atoms with van der Waals surface area (Å²) in [4.78, 5) is 0.311. The molecule has 1 aliphatic carbocycles. The fourth-order valence-electron chi connectivity index (χ4n) is 1.44. The summed E-state index contributed by atoms with van der Waals surface area (Å²) < 4.78 is 22.1. The second-order valence-electron chi connectivity index (χ2n) is 3.04. The van der Waals surface area contributed by atoms with Gasteiger partial charge in [0.15, 0.2) is 0 Å². The van der Waals surface area contributed by atoms with Gasteiger partial charge in [-0.05, 0) is 17.2 Å². The number of hydrogen-bond donors (Lipinski definition) is 0. The van der Waals surface area contributed by atoms with Gasteiger partial charge in [0.1, 0.15) is 0 Å². The fraction of sp³-hybridized carbons (Fsp3) is 0.0833. The van der Waals surface area contributed by atoms with Crippen molar-refractivity contribution in [3.05, 3.63) is 61.3 Å². The predicted molar refractivity (Wildman–Crippen MR) is 64.2 cm³/mol. The Hall–Kier alpha value is -1.61. The van der Waals surface area contributed by atoms with Crippen LogP contribution in [0.15, 0.2) is 61.3 Å². The highest BCUT2D eigenvalue weighted by atomic mass is 32.2. The van der Waals surface area contributed by atoms with Crippen molar-refractivity contribution in [3.8, 4) is 0 Å². The molecule has 0 saturated carbocycles. The molecule has 1 atom stereocenters. The van der Waals surface area contributed by atoms with Crippen molar-refractivity contribution >= 4 is 15.2 Å². The molecule has 0 aliphatic heterocycles. The first-order chi connectivity index (χ1) is 7.13. The summed E-state index contributed by atoms with van der Waals surface area (Å²) in [5.74, 6) is -0.297. The standard InChI is InChI=1S/C12H12O2S/c1-4-9-7-10(5-2)12(15(13)14)11(6-3)8-9/h4-8,10H,1-3H2. The maximum absolute atomic E-state index is 11.1. The van der Waals surface area contributed by atoms with Crippen LogP contribution in [0.3, 0.4) is 0 Å². The topological polar surface area (TPSA) is 34.1 Å². The molecule has 2 nitrogen and oxygen atoms in total. The summed E-state index contributed by atoms with van der Waals surface area (Å²) >= 11 is 0. The molecule has 0 N–H and O–H groups in total. The minimum atomic E-state index is -2.25. The van der Waals surface area contributed by atoms with Gasteiger partial charge < -0.3 is 0 Å². The summed E-state index contributed by atoms with van der Waals surface area (Å²) in [5.41, 5.74) is 1.48. The van der Waals surface area contributed by atoms with Gasteiger partial charge in [-0.1, -0.05) is 37.5 Å². The minimum absolute atomic E-state index is 0.297. The van der Waals surface area contributed by atoms with Crippen molar-refractivity contribution in [1.82, 2.24) is 0 Å². The fourth-order valence-corrected chi connectivity index (χ4v) is 2.16. The van der Waals surface area contributed by atoms with E-state index in [1.54, 1.807) is 24.3 Å². The third-order valence-corrected chi connectivity index (χ3v) is 3.04. The second-order valence-corrected chi connectivity index (χ2v) is 3.94. The highest BCUT2D eigenvalue weighted by Crippen LogP contribution is 2.22. The van der Waals surface area contributed by atoms with Gasteiger partial charge in [0.05, 0.1) is 4.86 Å². The van der Waals surface area contributed by atoms with Gasteiger partial charge in [-0.3, -0.25) is 0 Å². The average molecular weight is 220 g/mol. The average Bonchev–Trinajstić information content (AvgIpc) is 2.26. The van der Waals surface area contributed by atoms with Crippen LogP contribution in [0.5, 0.6) is 0 Å². The van der Waals surface area contributed by atoms with E-state index in [0.717, 1.165) is 5.57 Å². The molecule has 78 valence electrons. The van der Waals surface area contributed by atoms with Gasteiger partial charge in [0, 0.05) is 5.92 Å². The van der Waals surface area contributed by atoms with E-state index in [0.29, 0.717) is 10.4 Å². The van der Waals surface area contributed by atoms with Crippen LogP contribution in [-0.2, 0) is 10.3 Å². The lowest BCUT2D eigenvalue weighted by atomic mass is 9.90. The molecule has 15 heavy (non-hydrogen) atoms. The molecule has 0 radical (unpaired) electrons. The molecule has 0 bridgehead atoms.